The lowest BCUT2D eigenvalue weighted by Gasteiger charge is -2.18. The molecule has 110 valence electrons. The van der Waals surface area contributed by atoms with E-state index in [9.17, 15) is 9.18 Å². The maximum atomic E-state index is 12.9. The lowest BCUT2D eigenvalue weighted by Crippen LogP contribution is -2.22. The zero-order valence-electron chi connectivity index (χ0n) is 11.7. The van der Waals surface area contributed by atoms with Crippen molar-refractivity contribution < 1.29 is 13.9 Å². The van der Waals surface area contributed by atoms with Gasteiger partial charge in [0, 0.05) is 10.2 Å². The summed E-state index contributed by atoms with van der Waals surface area (Å²) in [6, 6.07) is 10.8. The minimum atomic E-state index is -0.655. The van der Waals surface area contributed by atoms with Crippen LogP contribution in [0, 0.1) is 12.7 Å². The van der Waals surface area contributed by atoms with E-state index in [4.69, 9.17) is 4.74 Å². The molecular weight excluding hydrogens is 337 g/mol. The molecule has 0 saturated heterocycles. The van der Waals surface area contributed by atoms with Gasteiger partial charge in [0.05, 0.1) is 7.11 Å². The molecule has 5 heteroatoms. The van der Waals surface area contributed by atoms with Crippen LogP contribution < -0.4 is 5.32 Å². The molecule has 0 bridgehead atoms. The molecule has 0 aromatic heterocycles. The first kappa shape index (κ1) is 15.5. The highest BCUT2D eigenvalue weighted by molar-refractivity contribution is 9.10. The highest BCUT2D eigenvalue weighted by atomic mass is 79.9. The summed E-state index contributed by atoms with van der Waals surface area (Å²) in [6.07, 6.45) is 0. The Labute approximate surface area is 131 Å². The van der Waals surface area contributed by atoms with Crippen LogP contribution in [-0.2, 0) is 9.53 Å². The highest BCUT2D eigenvalue weighted by Gasteiger charge is 2.21. The van der Waals surface area contributed by atoms with Gasteiger partial charge < -0.3 is 10.1 Å². The van der Waals surface area contributed by atoms with Crippen LogP contribution in [0.5, 0.6) is 0 Å². The Morgan fingerprint density at radius 2 is 1.90 bits per heavy atom. The quantitative estimate of drug-likeness (QED) is 0.838. The Hall–Kier alpha value is -1.88. The van der Waals surface area contributed by atoms with E-state index >= 15 is 0 Å². The minimum absolute atomic E-state index is 0.326. The number of methoxy groups -OCH3 is 1. The fourth-order valence-electron chi connectivity index (χ4n) is 1.90. The average Bonchev–Trinajstić information content (AvgIpc) is 2.49. The molecule has 21 heavy (non-hydrogen) atoms. The number of ether oxygens (including phenoxy) is 1. The summed E-state index contributed by atoms with van der Waals surface area (Å²) in [7, 11) is 1.34. The van der Waals surface area contributed by atoms with Gasteiger partial charge in [-0.15, -0.1) is 0 Å². The Bertz CT molecular complexity index is 643. The van der Waals surface area contributed by atoms with Crippen molar-refractivity contribution in [2.75, 3.05) is 12.4 Å². The molecule has 1 atom stereocenters. The molecule has 2 aromatic rings. The van der Waals surface area contributed by atoms with Gasteiger partial charge in [0.1, 0.15) is 5.82 Å². The Morgan fingerprint density at radius 1 is 1.24 bits per heavy atom. The molecule has 0 spiro atoms. The number of rotatable bonds is 4. The van der Waals surface area contributed by atoms with E-state index in [0.29, 0.717) is 5.69 Å². The van der Waals surface area contributed by atoms with Crippen molar-refractivity contribution in [1.82, 2.24) is 0 Å². The van der Waals surface area contributed by atoms with E-state index in [-0.39, 0.29) is 5.82 Å². The molecule has 0 amide bonds. The maximum Gasteiger partial charge on any atom is 0.332 e. The monoisotopic (exact) mass is 351 g/mol. The molecule has 1 unspecified atom stereocenters. The summed E-state index contributed by atoms with van der Waals surface area (Å²) < 4.78 is 18.7. The van der Waals surface area contributed by atoms with Crippen molar-refractivity contribution in [3.05, 3.63) is 63.9 Å². The average molecular weight is 352 g/mol. The van der Waals surface area contributed by atoms with Crippen molar-refractivity contribution in [1.29, 1.82) is 0 Å². The summed E-state index contributed by atoms with van der Waals surface area (Å²) in [4.78, 5) is 12.0. The summed E-state index contributed by atoms with van der Waals surface area (Å²) in [5.41, 5.74) is 2.48. The number of carbonyl (C=O) groups is 1. The van der Waals surface area contributed by atoms with Crippen molar-refractivity contribution in [2.24, 2.45) is 0 Å². The number of carbonyl (C=O) groups excluding carboxylic acids is 1. The maximum absolute atomic E-state index is 12.9. The molecule has 0 aliphatic carbocycles. The number of hydrogen-bond acceptors (Lipinski definition) is 3. The SMILES string of the molecule is COC(=O)C(Nc1ccc(F)cc1)c1ccc(C)c(Br)c1. The van der Waals surface area contributed by atoms with Gasteiger partial charge in [0.2, 0.25) is 0 Å². The second-order valence-electron chi connectivity index (χ2n) is 4.62. The van der Waals surface area contributed by atoms with Gasteiger partial charge in [-0.2, -0.15) is 0 Å². The second-order valence-corrected chi connectivity index (χ2v) is 5.47. The predicted molar refractivity (Wildman–Crippen MR) is 83.7 cm³/mol. The third kappa shape index (κ3) is 3.82. The van der Waals surface area contributed by atoms with Crippen LogP contribution in [0.15, 0.2) is 46.9 Å². The fourth-order valence-corrected chi connectivity index (χ4v) is 2.29. The van der Waals surface area contributed by atoms with Crippen LogP contribution in [0.4, 0.5) is 10.1 Å². The normalized spacial score (nSPS) is 11.8. The Balaban J connectivity index is 2.31. The van der Waals surface area contributed by atoms with E-state index < -0.39 is 12.0 Å². The van der Waals surface area contributed by atoms with Crippen LogP contribution in [0.3, 0.4) is 0 Å². The van der Waals surface area contributed by atoms with Gasteiger partial charge in [0.25, 0.3) is 0 Å². The van der Waals surface area contributed by atoms with E-state index in [1.807, 2.05) is 25.1 Å². The number of esters is 1. The standard InChI is InChI=1S/C16H15BrFNO2/c1-10-3-4-11(9-14(10)17)15(16(20)21-2)19-13-7-5-12(18)6-8-13/h3-9,15,19H,1-2H3. The molecular formula is C16H15BrFNO2. The third-order valence-electron chi connectivity index (χ3n) is 3.12. The fraction of sp³-hybridized carbons (Fsp3) is 0.188. The van der Waals surface area contributed by atoms with Gasteiger partial charge >= 0.3 is 5.97 Å². The van der Waals surface area contributed by atoms with Crippen LogP contribution >= 0.6 is 15.9 Å². The molecule has 2 rings (SSSR count). The van der Waals surface area contributed by atoms with Gasteiger partial charge in [-0.05, 0) is 48.4 Å². The Morgan fingerprint density at radius 3 is 2.48 bits per heavy atom. The topological polar surface area (TPSA) is 38.3 Å². The summed E-state index contributed by atoms with van der Waals surface area (Å²) in [5.74, 6) is -0.733. The summed E-state index contributed by atoms with van der Waals surface area (Å²) in [6.45, 7) is 1.97. The first-order valence-electron chi connectivity index (χ1n) is 6.37. The van der Waals surface area contributed by atoms with E-state index in [1.54, 1.807) is 12.1 Å². The van der Waals surface area contributed by atoms with E-state index in [1.165, 1.54) is 19.2 Å². The second kappa shape index (κ2) is 6.72. The van der Waals surface area contributed by atoms with Gasteiger partial charge in [0.15, 0.2) is 6.04 Å². The van der Waals surface area contributed by atoms with Gasteiger partial charge in [-0.3, -0.25) is 0 Å². The molecule has 0 aliphatic rings. The van der Waals surface area contributed by atoms with E-state index in [2.05, 4.69) is 21.2 Å². The molecule has 0 heterocycles. The predicted octanol–water partition coefficient (Wildman–Crippen LogP) is 4.22. The number of benzene rings is 2. The van der Waals surface area contributed by atoms with Crippen molar-refractivity contribution in [3.63, 3.8) is 0 Å². The lowest BCUT2D eigenvalue weighted by atomic mass is 10.0. The number of nitrogens with one attached hydrogen (secondary N) is 1. The zero-order chi connectivity index (χ0) is 15.4. The molecule has 0 saturated carbocycles. The van der Waals surface area contributed by atoms with Crippen molar-refractivity contribution in [3.8, 4) is 0 Å². The Kier molecular flexibility index (Phi) is 4.96. The number of hydrogen-bond donors (Lipinski definition) is 1. The lowest BCUT2D eigenvalue weighted by molar-refractivity contribution is -0.141. The molecule has 0 fully saturated rings. The van der Waals surface area contributed by atoms with Crippen molar-refractivity contribution >= 4 is 27.6 Å². The van der Waals surface area contributed by atoms with Crippen LogP contribution in [0.1, 0.15) is 17.2 Å². The molecule has 3 nitrogen and oxygen atoms in total. The zero-order valence-corrected chi connectivity index (χ0v) is 13.3. The van der Waals surface area contributed by atoms with Gasteiger partial charge in [-0.25, -0.2) is 9.18 Å². The van der Waals surface area contributed by atoms with Crippen LogP contribution in [0.2, 0.25) is 0 Å². The largest absolute Gasteiger partial charge is 0.467 e. The molecule has 1 N–H and O–H groups in total. The smallest absolute Gasteiger partial charge is 0.332 e. The summed E-state index contributed by atoms with van der Waals surface area (Å²) in [5, 5.41) is 3.06. The first-order chi connectivity index (χ1) is 10.0. The highest BCUT2D eigenvalue weighted by Crippen LogP contribution is 2.25. The molecule has 0 aliphatic heterocycles. The van der Waals surface area contributed by atoms with Crippen molar-refractivity contribution in [2.45, 2.75) is 13.0 Å². The molecule has 0 radical (unpaired) electrons. The number of halogens is 2. The summed E-state index contributed by atoms with van der Waals surface area (Å²) >= 11 is 3.45. The third-order valence-corrected chi connectivity index (χ3v) is 3.98. The van der Waals surface area contributed by atoms with Crippen LogP contribution in [0.25, 0.3) is 0 Å². The first-order valence-corrected chi connectivity index (χ1v) is 7.16. The number of anilines is 1. The molecule has 2 aromatic carbocycles. The number of aryl methyl sites for hydroxylation is 1. The minimum Gasteiger partial charge on any atom is -0.467 e. The van der Waals surface area contributed by atoms with Gasteiger partial charge in [-0.1, -0.05) is 28.1 Å². The van der Waals surface area contributed by atoms with E-state index in [0.717, 1.165) is 15.6 Å². The van der Waals surface area contributed by atoms with Crippen LogP contribution in [-0.4, -0.2) is 13.1 Å².